The molecule has 0 N–H and O–H groups in total. The lowest BCUT2D eigenvalue weighted by Gasteiger charge is -2.11. The summed E-state index contributed by atoms with van der Waals surface area (Å²) in [6.45, 7) is 2.09. The highest BCUT2D eigenvalue weighted by Crippen LogP contribution is 2.34. The molecule has 0 radical (unpaired) electrons. The van der Waals surface area contributed by atoms with E-state index in [2.05, 4.69) is 48.3 Å². The summed E-state index contributed by atoms with van der Waals surface area (Å²) >= 11 is 0. The maximum atomic E-state index is 5.98. The Morgan fingerprint density at radius 1 is 0.773 bits per heavy atom. The Kier molecular flexibility index (Phi) is 3.01. The SMILES string of the molecule is Cc1cnc(Oc2ccccc2)c2ccc3ccccc3c12. The monoisotopic (exact) mass is 285 g/mol. The summed E-state index contributed by atoms with van der Waals surface area (Å²) in [5.74, 6) is 1.45. The van der Waals surface area contributed by atoms with Gasteiger partial charge in [0, 0.05) is 11.6 Å². The molecule has 0 aliphatic carbocycles. The van der Waals surface area contributed by atoms with Gasteiger partial charge in [0.05, 0.1) is 0 Å². The van der Waals surface area contributed by atoms with Crippen molar-refractivity contribution in [1.29, 1.82) is 0 Å². The molecule has 0 spiro atoms. The third-order valence-electron chi connectivity index (χ3n) is 3.89. The summed E-state index contributed by atoms with van der Waals surface area (Å²) in [5, 5.41) is 4.72. The van der Waals surface area contributed by atoms with Gasteiger partial charge in [-0.2, -0.15) is 0 Å². The summed E-state index contributed by atoms with van der Waals surface area (Å²) in [6.07, 6.45) is 1.88. The summed E-state index contributed by atoms with van der Waals surface area (Å²) in [4.78, 5) is 4.49. The second-order valence-corrected chi connectivity index (χ2v) is 5.37. The molecule has 4 rings (SSSR count). The van der Waals surface area contributed by atoms with Crippen LogP contribution in [0.25, 0.3) is 21.5 Å². The number of rotatable bonds is 2. The van der Waals surface area contributed by atoms with E-state index in [-0.39, 0.29) is 0 Å². The van der Waals surface area contributed by atoms with Gasteiger partial charge in [0.1, 0.15) is 5.75 Å². The van der Waals surface area contributed by atoms with Crippen LogP contribution in [0.4, 0.5) is 0 Å². The summed E-state index contributed by atoms with van der Waals surface area (Å²) in [7, 11) is 0. The lowest BCUT2D eigenvalue weighted by molar-refractivity contribution is 0.469. The maximum Gasteiger partial charge on any atom is 0.227 e. The number of fused-ring (bicyclic) bond motifs is 3. The summed E-state index contributed by atoms with van der Waals surface area (Å²) < 4.78 is 5.98. The average Bonchev–Trinajstić information content (AvgIpc) is 2.58. The van der Waals surface area contributed by atoms with Crippen molar-refractivity contribution >= 4 is 21.5 Å². The number of hydrogen-bond acceptors (Lipinski definition) is 2. The Bertz CT molecular complexity index is 961. The first-order valence-corrected chi connectivity index (χ1v) is 7.33. The zero-order chi connectivity index (χ0) is 14.9. The quantitative estimate of drug-likeness (QED) is 0.454. The molecule has 0 saturated heterocycles. The van der Waals surface area contributed by atoms with Crippen molar-refractivity contribution in [3.8, 4) is 11.6 Å². The molecule has 0 atom stereocenters. The zero-order valence-corrected chi connectivity index (χ0v) is 12.3. The third kappa shape index (κ3) is 2.09. The summed E-state index contributed by atoms with van der Waals surface area (Å²) in [6, 6.07) is 22.4. The highest BCUT2D eigenvalue weighted by atomic mass is 16.5. The Labute approximate surface area is 129 Å². The molecule has 1 heterocycles. The summed E-state index contributed by atoms with van der Waals surface area (Å²) in [5.41, 5.74) is 1.16. The average molecular weight is 285 g/mol. The van der Waals surface area contributed by atoms with Crippen molar-refractivity contribution < 1.29 is 4.74 Å². The molecular weight excluding hydrogens is 270 g/mol. The first-order chi connectivity index (χ1) is 10.8. The number of benzene rings is 3. The van der Waals surface area contributed by atoms with Crippen LogP contribution in [0.15, 0.2) is 72.9 Å². The molecule has 0 amide bonds. The molecule has 0 aliphatic heterocycles. The first-order valence-electron chi connectivity index (χ1n) is 7.33. The number of aryl methyl sites for hydroxylation is 1. The molecule has 106 valence electrons. The minimum atomic E-state index is 0.651. The van der Waals surface area contributed by atoms with Crippen LogP contribution in [-0.2, 0) is 0 Å². The number of hydrogen-bond donors (Lipinski definition) is 0. The highest BCUT2D eigenvalue weighted by Gasteiger charge is 2.10. The van der Waals surface area contributed by atoms with Gasteiger partial charge in [-0.15, -0.1) is 0 Å². The number of ether oxygens (including phenoxy) is 1. The second-order valence-electron chi connectivity index (χ2n) is 5.37. The van der Waals surface area contributed by atoms with E-state index in [1.165, 1.54) is 16.2 Å². The van der Waals surface area contributed by atoms with Gasteiger partial charge in [-0.3, -0.25) is 0 Å². The van der Waals surface area contributed by atoms with E-state index >= 15 is 0 Å². The van der Waals surface area contributed by atoms with Crippen LogP contribution in [0.5, 0.6) is 11.6 Å². The van der Waals surface area contributed by atoms with Crippen LogP contribution in [0, 0.1) is 6.92 Å². The normalized spacial score (nSPS) is 11.0. The largest absolute Gasteiger partial charge is 0.438 e. The van der Waals surface area contributed by atoms with Crippen LogP contribution in [0.3, 0.4) is 0 Å². The Morgan fingerprint density at radius 2 is 1.55 bits per heavy atom. The number of pyridine rings is 1. The van der Waals surface area contributed by atoms with Crippen molar-refractivity contribution in [1.82, 2.24) is 4.98 Å². The Morgan fingerprint density at radius 3 is 2.41 bits per heavy atom. The van der Waals surface area contributed by atoms with Gasteiger partial charge >= 0.3 is 0 Å². The third-order valence-corrected chi connectivity index (χ3v) is 3.89. The van der Waals surface area contributed by atoms with Crippen LogP contribution in [0.2, 0.25) is 0 Å². The first kappa shape index (κ1) is 12.8. The van der Waals surface area contributed by atoms with Gasteiger partial charge in [-0.05, 0) is 46.8 Å². The minimum Gasteiger partial charge on any atom is -0.438 e. The van der Waals surface area contributed by atoms with E-state index in [9.17, 15) is 0 Å². The fourth-order valence-electron chi connectivity index (χ4n) is 2.85. The smallest absolute Gasteiger partial charge is 0.227 e. The van der Waals surface area contributed by atoms with Gasteiger partial charge in [0.25, 0.3) is 0 Å². The van der Waals surface area contributed by atoms with Gasteiger partial charge in [0.15, 0.2) is 0 Å². The van der Waals surface area contributed by atoms with Crippen LogP contribution >= 0.6 is 0 Å². The molecule has 0 bridgehead atoms. The second kappa shape index (κ2) is 5.15. The van der Waals surface area contributed by atoms with Gasteiger partial charge in [-0.25, -0.2) is 4.98 Å². The van der Waals surface area contributed by atoms with Gasteiger partial charge in [0.2, 0.25) is 5.88 Å². The Balaban J connectivity index is 1.97. The van der Waals surface area contributed by atoms with Crippen molar-refractivity contribution in [3.05, 3.63) is 78.5 Å². The van der Waals surface area contributed by atoms with Crippen LogP contribution in [-0.4, -0.2) is 4.98 Å². The van der Waals surface area contributed by atoms with Crippen molar-refractivity contribution in [2.45, 2.75) is 6.92 Å². The minimum absolute atomic E-state index is 0.651. The highest BCUT2D eigenvalue weighted by molar-refractivity contribution is 6.10. The topological polar surface area (TPSA) is 22.1 Å². The lowest BCUT2D eigenvalue weighted by atomic mass is 10.0. The molecule has 2 heteroatoms. The van der Waals surface area contributed by atoms with E-state index in [0.29, 0.717) is 5.88 Å². The fraction of sp³-hybridized carbons (Fsp3) is 0.0500. The number of aromatic nitrogens is 1. The number of nitrogens with zero attached hydrogens (tertiary/aromatic N) is 1. The Hall–Kier alpha value is -2.87. The predicted molar refractivity (Wildman–Crippen MR) is 90.5 cm³/mol. The van der Waals surface area contributed by atoms with E-state index < -0.39 is 0 Å². The fourth-order valence-corrected chi connectivity index (χ4v) is 2.85. The van der Waals surface area contributed by atoms with Gasteiger partial charge < -0.3 is 4.74 Å². The van der Waals surface area contributed by atoms with Crippen LogP contribution < -0.4 is 4.74 Å². The maximum absolute atomic E-state index is 5.98. The number of para-hydroxylation sites is 1. The van der Waals surface area contributed by atoms with E-state index in [0.717, 1.165) is 16.7 Å². The molecule has 0 unspecified atom stereocenters. The molecular formula is C20H15NO. The van der Waals surface area contributed by atoms with Crippen molar-refractivity contribution in [2.75, 3.05) is 0 Å². The molecule has 3 aromatic carbocycles. The zero-order valence-electron chi connectivity index (χ0n) is 12.3. The molecule has 22 heavy (non-hydrogen) atoms. The lowest BCUT2D eigenvalue weighted by Crippen LogP contribution is -1.92. The van der Waals surface area contributed by atoms with Gasteiger partial charge in [-0.1, -0.05) is 48.5 Å². The molecule has 2 nitrogen and oxygen atoms in total. The predicted octanol–water partition coefficient (Wildman–Crippen LogP) is 5.49. The van der Waals surface area contributed by atoms with Crippen molar-refractivity contribution in [2.24, 2.45) is 0 Å². The van der Waals surface area contributed by atoms with Crippen molar-refractivity contribution in [3.63, 3.8) is 0 Å². The molecule has 0 aliphatic rings. The molecule has 1 aromatic heterocycles. The molecule has 0 saturated carbocycles. The standard InChI is InChI=1S/C20H15NO/c1-14-13-21-20(22-16-8-3-2-4-9-16)18-12-11-15-7-5-6-10-17(15)19(14)18/h2-13H,1H3. The van der Waals surface area contributed by atoms with E-state index in [1.807, 2.05) is 36.5 Å². The molecule has 4 aromatic rings. The van der Waals surface area contributed by atoms with E-state index in [4.69, 9.17) is 4.74 Å². The molecule has 0 fully saturated rings. The van der Waals surface area contributed by atoms with E-state index in [1.54, 1.807) is 0 Å². The van der Waals surface area contributed by atoms with Crippen LogP contribution in [0.1, 0.15) is 5.56 Å².